The molecule has 3 rings (SSSR count). The van der Waals surface area contributed by atoms with Crippen LogP contribution < -0.4 is 5.56 Å². The van der Waals surface area contributed by atoms with Crippen LogP contribution in [-0.2, 0) is 0 Å². The minimum Gasteiger partial charge on any atom is -0.312 e. The van der Waals surface area contributed by atoms with Crippen LogP contribution >= 0.6 is 38.6 Å². The third kappa shape index (κ3) is 1.63. The average Bonchev–Trinajstić information content (AvgIpc) is 2.84. The van der Waals surface area contributed by atoms with Crippen LogP contribution in [0.25, 0.3) is 20.7 Å². The van der Waals surface area contributed by atoms with E-state index in [9.17, 15) is 4.79 Å². The van der Waals surface area contributed by atoms with E-state index >= 15 is 0 Å². The normalized spacial score (nSPS) is 11.1. The standard InChI is InChI=1S/C10H5BrN2OS2/c11-8-1-5(3-15-8)7-2-6-9(16-7)10(14)13-4-12-6/h1-4H,(H,12,13,14). The molecule has 0 spiro atoms. The fraction of sp³-hybridized carbons (Fsp3) is 0. The van der Waals surface area contributed by atoms with Crippen molar-refractivity contribution in [2.45, 2.75) is 0 Å². The predicted octanol–water partition coefficient (Wildman–Crippen LogP) is 3.48. The Bertz CT molecular complexity index is 713. The van der Waals surface area contributed by atoms with Crippen molar-refractivity contribution in [3.05, 3.63) is 38.0 Å². The summed E-state index contributed by atoms with van der Waals surface area (Å²) in [6.45, 7) is 0. The first-order valence-electron chi connectivity index (χ1n) is 4.46. The lowest BCUT2D eigenvalue weighted by atomic mass is 10.3. The lowest BCUT2D eigenvalue weighted by Crippen LogP contribution is -2.02. The average molecular weight is 313 g/mol. The van der Waals surface area contributed by atoms with E-state index in [-0.39, 0.29) is 5.56 Å². The monoisotopic (exact) mass is 312 g/mol. The maximum Gasteiger partial charge on any atom is 0.268 e. The van der Waals surface area contributed by atoms with Gasteiger partial charge in [-0.3, -0.25) is 4.79 Å². The van der Waals surface area contributed by atoms with Crippen LogP contribution in [0.5, 0.6) is 0 Å². The molecule has 0 amide bonds. The van der Waals surface area contributed by atoms with E-state index in [4.69, 9.17) is 0 Å². The summed E-state index contributed by atoms with van der Waals surface area (Å²) in [5.74, 6) is 0. The van der Waals surface area contributed by atoms with E-state index in [0.29, 0.717) is 4.70 Å². The molecule has 3 aromatic rings. The van der Waals surface area contributed by atoms with Gasteiger partial charge in [-0.25, -0.2) is 4.98 Å². The number of H-pyrrole nitrogens is 1. The number of aromatic amines is 1. The molecule has 0 saturated carbocycles. The van der Waals surface area contributed by atoms with Crippen LogP contribution in [-0.4, -0.2) is 9.97 Å². The summed E-state index contributed by atoms with van der Waals surface area (Å²) in [7, 11) is 0. The fourth-order valence-electron chi connectivity index (χ4n) is 1.45. The quantitative estimate of drug-likeness (QED) is 0.747. The van der Waals surface area contributed by atoms with Crippen molar-refractivity contribution in [3.63, 3.8) is 0 Å². The molecule has 0 fully saturated rings. The molecular weight excluding hydrogens is 308 g/mol. The molecule has 3 aromatic heterocycles. The highest BCUT2D eigenvalue weighted by molar-refractivity contribution is 9.11. The van der Waals surface area contributed by atoms with Gasteiger partial charge in [0.05, 0.1) is 15.6 Å². The zero-order chi connectivity index (χ0) is 11.1. The molecule has 80 valence electrons. The van der Waals surface area contributed by atoms with Gasteiger partial charge in [-0.1, -0.05) is 0 Å². The van der Waals surface area contributed by atoms with Crippen molar-refractivity contribution >= 4 is 48.8 Å². The lowest BCUT2D eigenvalue weighted by Gasteiger charge is -1.86. The smallest absolute Gasteiger partial charge is 0.268 e. The Morgan fingerprint density at radius 2 is 2.25 bits per heavy atom. The molecule has 0 atom stereocenters. The summed E-state index contributed by atoms with van der Waals surface area (Å²) < 4.78 is 1.77. The zero-order valence-corrected chi connectivity index (χ0v) is 11.1. The van der Waals surface area contributed by atoms with Gasteiger partial charge in [0.1, 0.15) is 4.70 Å². The van der Waals surface area contributed by atoms with Crippen LogP contribution in [0, 0.1) is 0 Å². The highest BCUT2D eigenvalue weighted by Gasteiger charge is 2.08. The van der Waals surface area contributed by atoms with Crippen molar-refractivity contribution in [1.82, 2.24) is 9.97 Å². The third-order valence-electron chi connectivity index (χ3n) is 2.17. The summed E-state index contributed by atoms with van der Waals surface area (Å²) >= 11 is 6.53. The van der Waals surface area contributed by atoms with Crippen molar-refractivity contribution in [1.29, 1.82) is 0 Å². The number of aromatic nitrogens is 2. The summed E-state index contributed by atoms with van der Waals surface area (Å²) in [5, 5.41) is 2.06. The second kappa shape index (κ2) is 3.80. The van der Waals surface area contributed by atoms with Gasteiger partial charge in [0, 0.05) is 15.8 Å². The number of halogens is 1. The third-order valence-corrected chi connectivity index (χ3v) is 4.85. The van der Waals surface area contributed by atoms with Gasteiger partial charge < -0.3 is 4.98 Å². The Hall–Kier alpha value is -0.980. The SMILES string of the molecule is O=c1[nH]cnc2cc(-c3csc(Br)c3)sc12. The number of thiophene rings is 2. The molecule has 3 heterocycles. The number of hydrogen-bond acceptors (Lipinski definition) is 4. The number of rotatable bonds is 1. The molecule has 0 unspecified atom stereocenters. The van der Waals surface area contributed by atoms with Gasteiger partial charge in [-0.2, -0.15) is 0 Å². The fourth-order valence-corrected chi connectivity index (χ4v) is 3.67. The first-order chi connectivity index (χ1) is 7.74. The van der Waals surface area contributed by atoms with Crippen molar-refractivity contribution in [2.24, 2.45) is 0 Å². The number of nitrogens with one attached hydrogen (secondary N) is 1. The number of fused-ring (bicyclic) bond motifs is 1. The summed E-state index contributed by atoms with van der Waals surface area (Å²) in [6.07, 6.45) is 1.44. The highest BCUT2D eigenvalue weighted by Crippen LogP contribution is 2.34. The number of nitrogens with zero attached hydrogens (tertiary/aromatic N) is 1. The van der Waals surface area contributed by atoms with Crippen LogP contribution in [0.15, 0.2) is 32.4 Å². The van der Waals surface area contributed by atoms with Gasteiger partial charge in [-0.15, -0.1) is 22.7 Å². The van der Waals surface area contributed by atoms with Crippen LogP contribution in [0.2, 0.25) is 0 Å². The minimum atomic E-state index is -0.0736. The van der Waals surface area contributed by atoms with Crippen LogP contribution in [0.1, 0.15) is 0 Å². The molecule has 0 aromatic carbocycles. The molecule has 0 aliphatic carbocycles. The van der Waals surface area contributed by atoms with E-state index in [0.717, 1.165) is 19.7 Å². The van der Waals surface area contributed by atoms with Gasteiger partial charge in [0.25, 0.3) is 5.56 Å². The van der Waals surface area contributed by atoms with E-state index in [1.807, 2.05) is 12.1 Å². The Balaban J connectivity index is 2.26. The van der Waals surface area contributed by atoms with Crippen LogP contribution in [0.4, 0.5) is 0 Å². The Morgan fingerprint density at radius 3 is 2.94 bits per heavy atom. The molecule has 0 aliphatic rings. The molecule has 1 N–H and O–H groups in total. The largest absolute Gasteiger partial charge is 0.312 e. The second-order valence-electron chi connectivity index (χ2n) is 3.20. The molecule has 0 bridgehead atoms. The summed E-state index contributed by atoms with van der Waals surface area (Å²) in [4.78, 5) is 19.3. The van der Waals surface area contributed by atoms with Crippen molar-refractivity contribution < 1.29 is 0 Å². The summed E-state index contributed by atoms with van der Waals surface area (Å²) in [6, 6.07) is 3.99. The first kappa shape index (κ1) is 10.2. The predicted molar refractivity (Wildman–Crippen MR) is 71.3 cm³/mol. The van der Waals surface area contributed by atoms with Crippen molar-refractivity contribution in [3.8, 4) is 10.4 Å². The highest BCUT2D eigenvalue weighted by atomic mass is 79.9. The summed E-state index contributed by atoms with van der Waals surface area (Å²) in [5.41, 5.74) is 1.81. The maximum atomic E-state index is 11.5. The van der Waals surface area contributed by atoms with E-state index in [1.165, 1.54) is 17.7 Å². The molecule has 0 aliphatic heterocycles. The van der Waals surface area contributed by atoms with Crippen molar-refractivity contribution in [2.75, 3.05) is 0 Å². The Kier molecular flexibility index (Phi) is 2.42. The molecule has 0 saturated heterocycles. The van der Waals surface area contributed by atoms with Gasteiger partial charge in [0.2, 0.25) is 0 Å². The van der Waals surface area contributed by atoms with E-state index in [1.54, 1.807) is 11.3 Å². The zero-order valence-electron chi connectivity index (χ0n) is 7.86. The van der Waals surface area contributed by atoms with Gasteiger partial charge >= 0.3 is 0 Å². The van der Waals surface area contributed by atoms with E-state index < -0.39 is 0 Å². The molecule has 3 nitrogen and oxygen atoms in total. The lowest BCUT2D eigenvalue weighted by molar-refractivity contribution is 1.18. The molecule has 6 heteroatoms. The second-order valence-corrected chi connectivity index (χ2v) is 6.54. The van der Waals surface area contributed by atoms with Gasteiger partial charge in [0.15, 0.2) is 0 Å². The molecule has 16 heavy (non-hydrogen) atoms. The number of hydrogen-bond donors (Lipinski definition) is 1. The maximum absolute atomic E-state index is 11.5. The van der Waals surface area contributed by atoms with Gasteiger partial charge in [-0.05, 0) is 28.1 Å². The Labute approximate surface area is 107 Å². The van der Waals surface area contributed by atoms with Crippen LogP contribution in [0.3, 0.4) is 0 Å². The van der Waals surface area contributed by atoms with E-state index in [2.05, 4.69) is 31.3 Å². The molecular formula is C10H5BrN2OS2. The molecule has 0 radical (unpaired) electrons. The topological polar surface area (TPSA) is 45.8 Å². The first-order valence-corrected chi connectivity index (χ1v) is 6.94. The Morgan fingerprint density at radius 1 is 1.38 bits per heavy atom. The minimum absolute atomic E-state index is 0.0736.